The van der Waals surface area contributed by atoms with E-state index in [1.165, 1.54) is 23.4 Å². The van der Waals surface area contributed by atoms with Gasteiger partial charge < -0.3 is 20.0 Å². The van der Waals surface area contributed by atoms with Gasteiger partial charge in [0.2, 0.25) is 0 Å². The van der Waals surface area contributed by atoms with Crippen molar-refractivity contribution in [1.29, 1.82) is 0 Å². The third-order valence-electron chi connectivity index (χ3n) is 5.87. The van der Waals surface area contributed by atoms with Crippen LogP contribution in [0.15, 0.2) is 47.4 Å². The summed E-state index contributed by atoms with van der Waals surface area (Å²) < 4.78 is 0. The second-order valence-electron chi connectivity index (χ2n) is 7.74. The van der Waals surface area contributed by atoms with Crippen molar-refractivity contribution in [2.75, 3.05) is 32.7 Å². The molecule has 2 atom stereocenters. The summed E-state index contributed by atoms with van der Waals surface area (Å²) >= 11 is 1.91. The van der Waals surface area contributed by atoms with Crippen LogP contribution in [0.2, 0.25) is 0 Å². The van der Waals surface area contributed by atoms with Gasteiger partial charge in [-0.3, -0.25) is 0 Å². The summed E-state index contributed by atoms with van der Waals surface area (Å²) in [7, 11) is 0. The van der Waals surface area contributed by atoms with Gasteiger partial charge in [0.05, 0.1) is 5.03 Å². The van der Waals surface area contributed by atoms with Crippen LogP contribution in [0.4, 0.5) is 4.79 Å². The van der Waals surface area contributed by atoms with Crippen LogP contribution in [0.3, 0.4) is 0 Å². The number of thioether (sulfide) groups is 1. The number of hydrogen-bond donors (Lipinski definition) is 1. The van der Waals surface area contributed by atoms with Crippen molar-refractivity contribution < 1.29 is 4.79 Å². The molecular formula is C22H34N4OS. The van der Waals surface area contributed by atoms with Crippen LogP contribution >= 0.6 is 11.8 Å². The van der Waals surface area contributed by atoms with E-state index >= 15 is 0 Å². The number of rotatable bonds is 8. The van der Waals surface area contributed by atoms with Crippen LogP contribution in [-0.4, -0.2) is 58.7 Å². The Morgan fingerprint density at radius 1 is 1.29 bits per heavy atom. The van der Waals surface area contributed by atoms with Crippen LogP contribution in [0.25, 0.3) is 0 Å². The lowest BCUT2D eigenvalue weighted by Gasteiger charge is -2.42. The highest BCUT2D eigenvalue weighted by atomic mass is 32.2. The van der Waals surface area contributed by atoms with Gasteiger partial charge in [-0.15, -0.1) is 11.8 Å². The second kappa shape index (κ2) is 9.12. The van der Waals surface area contributed by atoms with Gasteiger partial charge in [0, 0.05) is 49.2 Å². The van der Waals surface area contributed by atoms with Gasteiger partial charge >= 0.3 is 6.03 Å². The Labute approximate surface area is 174 Å². The maximum atomic E-state index is 12.0. The SMILES string of the molecule is C=C1C2=C(SC(CN3CCNC3=O)C2C)N(CCCCC)C(=C)N1C/C=C/C. The van der Waals surface area contributed by atoms with Gasteiger partial charge in [0.25, 0.3) is 0 Å². The molecular weight excluding hydrogens is 368 g/mol. The third-order valence-corrected chi connectivity index (χ3v) is 7.39. The summed E-state index contributed by atoms with van der Waals surface area (Å²) in [6.45, 7) is 19.5. The zero-order valence-electron chi connectivity index (χ0n) is 17.5. The number of hydrogen-bond acceptors (Lipinski definition) is 4. The van der Waals surface area contributed by atoms with Gasteiger partial charge in [-0.2, -0.15) is 0 Å². The van der Waals surface area contributed by atoms with E-state index in [1.807, 2.05) is 23.6 Å². The molecule has 0 radical (unpaired) electrons. The first-order valence-electron chi connectivity index (χ1n) is 10.5. The summed E-state index contributed by atoms with van der Waals surface area (Å²) in [6.07, 6.45) is 7.82. The third kappa shape index (κ3) is 3.97. The lowest BCUT2D eigenvalue weighted by Crippen LogP contribution is -2.39. The zero-order valence-corrected chi connectivity index (χ0v) is 18.4. The van der Waals surface area contributed by atoms with Gasteiger partial charge in [0.1, 0.15) is 5.82 Å². The molecule has 154 valence electrons. The van der Waals surface area contributed by atoms with Crippen molar-refractivity contribution in [3.8, 4) is 0 Å². The molecule has 0 bridgehead atoms. The van der Waals surface area contributed by atoms with Crippen molar-refractivity contribution in [2.45, 2.75) is 45.3 Å². The highest BCUT2D eigenvalue weighted by Gasteiger charge is 2.43. The Kier molecular flexibility index (Phi) is 6.81. The highest BCUT2D eigenvalue weighted by molar-refractivity contribution is 8.03. The number of urea groups is 1. The molecule has 3 aliphatic rings. The van der Waals surface area contributed by atoms with Gasteiger partial charge in [0.15, 0.2) is 0 Å². The fourth-order valence-corrected chi connectivity index (χ4v) is 5.76. The second-order valence-corrected chi connectivity index (χ2v) is 8.97. The monoisotopic (exact) mass is 402 g/mol. The molecule has 1 N–H and O–H groups in total. The molecule has 2 amide bonds. The number of amides is 2. The molecule has 0 aromatic carbocycles. The minimum Gasteiger partial charge on any atom is -0.336 e. The predicted octanol–water partition coefficient (Wildman–Crippen LogP) is 4.34. The lowest BCUT2D eigenvalue weighted by molar-refractivity contribution is 0.216. The largest absolute Gasteiger partial charge is 0.336 e. The van der Waals surface area contributed by atoms with Crippen molar-refractivity contribution in [1.82, 2.24) is 20.0 Å². The van der Waals surface area contributed by atoms with Crippen LogP contribution in [0, 0.1) is 5.92 Å². The molecule has 6 heteroatoms. The number of carbonyl (C=O) groups is 1. The topological polar surface area (TPSA) is 38.8 Å². The first-order valence-corrected chi connectivity index (χ1v) is 11.4. The molecule has 5 nitrogen and oxygen atoms in total. The molecule has 1 saturated heterocycles. The summed E-state index contributed by atoms with van der Waals surface area (Å²) in [5, 5.41) is 4.58. The minimum atomic E-state index is 0.0652. The van der Waals surface area contributed by atoms with E-state index in [0.29, 0.717) is 11.2 Å². The minimum absolute atomic E-state index is 0.0652. The molecule has 0 spiro atoms. The maximum absolute atomic E-state index is 12.0. The average Bonchev–Trinajstić information content (AvgIpc) is 3.22. The Balaban J connectivity index is 1.83. The van der Waals surface area contributed by atoms with E-state index in [4.69, 9.17) is 0 Å². The van der Waals surface area contributed by atoms with E-state index in [-0.39, 0.29) is 6.03 Å². The van der Waals surface area contributed by atoms with Gasteiger partial charge in [-0.25, -0.2) is 4.79 Å². The first kappa shape index (κ1) is 20.9. The van der Waals surface area contributed by atoms with E-state index in [2.05, 4.69) is 54.3 Å². The van der Waals surface area contributed by atoms with Crippen molar-refractivity contribution in [2.24, 2.45) is 5.92 Å². The lowest BCUT2D eigenvalue weighted by atomic mass is 9.93. The van der Waals surface area contributed by atoms with Gasteiger partial charge in [-0.1, -0.05) is 52.0 Å². The van der Waals surface area contributed by atoms with Crippen LogP contribution < -0.4 is 5.32 Å². The quantitative estimate of drug-likeness (QED) is 0.484. The van der Waals surface area contributed by atoms with Crippen molar-refractivity contribution >= 4 is 17.8 Å². The first-order chi connectivity index (χ1) is 13.5. The predicted molar refractivity (Wildman–Crippen MR) is 119 cm³/mol. The Morgan fingerprint density at radius 2 is 2.07 bits per heavy atom. The van der Waals surface area contributed by atoms with Crippen LogP contribution in [-0.2, 0) is 0 Å². The van der Waals surface area contributed by atoms with E-state index < -0.39 is 0 Å². The summed E-state index contributed by atoms with van der Waals surface area (Å²) in [5.74, 6) is 1.38. The Morgan fingerprint density at radius 3 is 2.71 bits per heavy atom. The molecule has 3 rings (SSSR count). The fraction of sp³-hybridized carbons (Fsp3) is 0.591. The Hall–Kier alpha value is -1.82. The summed E-state index contributed by atoms with van der Waals surface area (Å²) in [5.41, 5.74) is 2.40. The normalized spacial score (nSPS) is 25.4. The van der Waals surface area contributed by atoms with Crippen LogP contribution in [0.5, 0.6) is 0 Å². The number of unbranched alkanes of at least 4 members (excludes halogenated alkanes) is 2. The van der Waals surface area contributed by atoms with Crippen molar-refractivity contribution in [3.05, 3.63) is 47.4 Å². The molecule has 3 aliphatic heterocycles. The summed E-state index contributed by atoms with van der Waals surface area (Å²) in [4.78, 5) is 18.6. The average molecular weight is 403 g/mol. The fourth-order valence-electron chi connectivity index (χ4n) is 4.12. The number of nitrogens with one attached hydrogen (secondary N) is 1. The number of carbonyl (C=O) groups excluding carboxylic acids is 1. The Bertz CT molecular complexity index is 699. The van der Waals surface area contributed by atoms with Crippen molar-refractivity contribution in [3.63, 3.8) is 0 Å². The number of allylic oxidation sites excluding steroid dienone is 2. The highest BCUT2D eigenvalue weighted by Crippen LogP contribution is 2.51. The number of nitrogens with zero attached hydrogens (tertiary/aromatic N) is 3. The van der Waals surface area contributed by atoms with E-state index in [9.17, 15) is 4.79 Å². The molecule has 0 aromatic rings. The van der Waals surface area contributed by atoms with E-state index in [0.717, 1.165) is 50.7 Å². The molecule has 3 heterocycles. The zero-order chi connectivity index (χ0) is 20.3. The summed E-state index contributed by atoms with van der Waals surface area (Å²) in [6, 6.07) is 0.0652. The smallest absolute Gasteiger partial charge is 0.317 e. The molecule has 1 fully saturated rings. The maximum Gasteiger partial charge on any atom is 0.317 e. The molecule has 0 saturated carbocycles. The van der Waals surface area contributed by atoms with Crippen LogP contribution in [0.1, 0.15) is 40.0 Å². The van der Waals surface area contributed by atoms with Gasteiger partial charge in [-0.05, 0) is 19.3 Å². The van der Waals surface area contributed by atoms with E-state index in [1.54, 1.807) is 0 Å². The standard InChI is InChI=1S/C22H34N4OS/c1-6-8-10-13-26-18(5)25(12-9-7-2)17(4)20-16(3)19(28-21(20)26)15-24-14-11-23-22(24)27/h7,9,16,19H,4-6,8,10-15H2,1-3H3,(H,23,27)/b9-7+. The molecule has 2 unspecified atom stereocenters. The molecule has 28 heavy (non-hydrogen) atoms. The molecule has 0 aromatic heterocycles. The molecule has 0 aliphatic carbocycles.